The van der Waals surface area contributed by atoms with Gasteiger partial charge < -0.3 is 9.64 Å². The first-order valence-corrected chi connectivity index (χ1v) is 12.8. The van der Waals surface area contributed by atoms with Gasteiger partial charge in [0.15, 0.2) is 5.65 Å². The summed E-state index contributed by atoms with van der Waals surface area (Å²) in [5.41, 5.74) is 3.85. The van der Waals surface area contributed by atoms with Gasteiger partial charge in [-0.15, -0.1) is 0 Å². The lowest BCUT2D eigenvalue weighted by Crippen LogP contribution is -2.44. The molecule has 192 valence electrons. The Kier molecular flexibility index (Phi) is 6.06. The maximum Gasteiger partial charge on any atom is 0.228 e. The highest BCUT2D eigenvalue weighted by Gasteiger charge is 2.33. The number of rotatable bonds is 6. The van der Waals surface area contributed by atoms with Gasteiger partial charge in [0.25, 0.3) is 0 Å². The van der Waals surface area contributed by atoms with Crippen molar-refractivity contribution < 1.29 is 13.5 Å². The molecule has 2 unspecified atom stereocenters. The minimum absolute atomic E-state index is 0.0558. The van der Waals surface area contributed by atoms with Crippen LogP contribution in [0.2, 0.25) is 0 Å². The Morgan fingerprint density at radius 2 is 1.95 bits per heavy atom. The van der Waals surface area contributed by atoms with E-state index < -0.39 is 11.6 Å². The van der Waals surface area contributed by atoms with Crippen molar-refractivity contribution in [1.29, 1.82) is 0 Å². The van der Waals surface area contributed by atoms with Crippen LogP contribution in [0, 0.1) is 18.6 Å². The van der Waals surface area contributed by atoms with E-state index in [9.17, 15) is 4.39 Å². The van der Waals surface area contributed by atoms with Crippen molar-refractivity contribution in [2.24, 2.45) is 0 Å². The van der Waals surface area contributed by atoms with E-state index in [4.69, 9.17) is 24.7 Å². The van der Waals surface area contributed by atoms with Crippen LogP contribution in [0.25, 0.3) is 22.4 Å². The first-order valence-electron chi connectivity index (χ1n) is 12.8. The van der Waals surface area contributed by atoms with Crippen molar-refractivity contribution in [1.82, 2.24) is 29.7 Å². The van der Waals surface area contributed by atoms with Gasteiger partial charge in [0.05, 0.1) is 42.4 Å². The van der Waals surface area contributed by atoms with Gasteiger partial charge in [-0.2, -0.15) is 10.1 Å². The fourth-order valence-electron chi connectivity index (χ4n) is 4.89. The maximum atomic E-state index is 15.0. The normalized spacial score (nSPS) is 20.1. The van der Waals surface area contributed by atoms with E-state index in [0.717, 1.165) is 48.7 Å². The maximum absolute atomic E-state index is 15.0. The molecule has 1 aromatic carbocycles. The second-order valence-corrected chi connectivity index (χ2v) is 9.97. The second-order valence-electron chi connectivity index (χ2n) is 9.97. The van der Waals surface area contributed by atoms with Gasteiger partial charge in [-0.25, -0.2) is 23.7 Å². The number of nitrogens with zero attached hydrogens (tertiary/aromatic N) is 7. The van der Waals surface area contributed by atoms with E-state index in [1.165, 1.54) is 12.1 Å². The molecule has 4 aromatic rings. The zero-order chi connectivity index (χ0) is 25.7. The fourth-order valence-corrected chi connectivity index (χ4v) is 4.89. The molecule has 4 heterocycles. The molecule has 37 heavy (non-hydrogen) atoms. The minimum Gasteiger partial charge on any atom is -0.374 e. The minimum atomic E-state index is -0.708. The predicted molar refractivity (Wildman–Crippen MR) is 135 cm³/mol. The van der Waals surface area contributed by atoms with Crippen LogP contribution in [0.15, 0.2) is 30.6 Å². The first-order chi connectivity index (χ1) is 17.9. The summed E-state index contributed by atoms with van der Waals surface area (Å²) in [4.78, 5) is 21.3. The largest absolute Gasteiger partial charge is 0.374 e. The van der Waals surface area contributed by atoms with Crippen molar-refractivity contribution in [3.63, 3.8) is 0 Å². The topological polar surface area (TPSA) is 81.9 Å². The van der Waals surface area contributed by atoms with Crippen molar-refractivity contribution in [2.75, 3.05) is 18.1 Å². The average Bonchev–Trinajstić information content (AvgIpc) is 3.61. The molecule has 2 aliphatic rings. The third-order valence-electron chi connectivity index (χ3n) is 7.02. The van der Waals surface area contributed by atoms with Crippen LogP contribution in [-0.4, -0.2) is 49.0 Å². The second kappa shape index (κ2) is 9.41. The van der Waals surface area contributed by atoms with Crippen molar-refractivity contribution >= 4 is 17.1 Å². The Balaban J connectivity index is 1.52. The number of ether oxygens (including phenoxy) is 1. The van der Waals surface area contributed by atoms with Crippen LogP contribution >= 0.6 is 0 Å². The van der Waals surface area contributed by atoms with Gasteiger partial charge in [0.1, 0.15) is 22.8 Å². The summed E-state index contributed by atoms with van der Waals surface area (Å²) in [6, 6.07) is 3.78. The van der Waals surface area contributed by atoms with Gasteiger partial charge in [-0.1, -0.05) is 13.3 Å². The van der Waals surface area contributed by atoms with Crippen molar-refractivity contribution in [3.8, 4) is 11.3 Å². The van der Waals surface area contributed by atoms with Crippen LogP contribution < -0.4 is 4.90 Å². The molecule has 1 saturated carbocycles. The predicted octanol–water partition coefficient (Wildman–Crippen LogP) is 5.12. The zero-order valence-electron chi connectivity index (χ0n) is 21.2. The Morgan fingerprint density at radius 3 is 2.70 bits per heavy atom. The highest BCUT2D eigenvalue weighted by atomic mass is 19.1. The molecule has 1 aliphatic carbocycles. The van der Waals surface area contributed by atoms with Gasteiger partial charge >= 0.3 is 0 Å². The molecule has 0 N–H and O–H groups in total. The smallest absolute Gasteiger partial charge is 0.228 e. The fraction of sp³-hybridized carbons (Fsp3) is 0.444. The van der Waals surface area contributed by atoms with Crippen LogP contribution in [-0.2, 0) is 11.2 Å². The van der Waals surface area contributed by atoms with Crippen LogP contribution in [0.4, 0.5) is 14.7 Å². The number of benzene rings is 1. The highest BCUT2D eigenvalue weighted by molar-refractivity contribution is 5.88. The summed E-state index contributed by atoms with van der Waals surface area (Å²) in [5.74, 6) is -0.950. The molecule has 8 nitrogen and oxygen atoms in total. The molecule has 0 radical (unpaired) electrons. The Labute approximate surface area is 213 Å². The van der Waals surface area contributed by atoms with Crippen molar-refractivity contribution in [2.45, 2.75) is 64.6 Å². The molecule has 2 fully saturated rings. The van der Waals surface area contributed by atoms with Gasteiger partial charge in [0.2, 0.25) is 5.95 Å². The average molecular weight is 506 g/mol. The molecule has 6 rings (SSSR count). The number of hydrogen-bond donors (Lipinski definition) is 0. The molecule has 0 amide bonds. The number of anilines is 1. The summed E-state index contributed by atoms with van der Waals surface area (Å²) >= 11 is 0. The summed E-state index contributed by atoms with van der Waals surface area (Å²) in [5, 5.41) is 4.56. The number of fused-ring (bicyclic) bond motifs is 1. The summed E-state index contributed by atoms with van der Waals surface area (Å²) < 4.78 is 36.8. The molecule has 10 heteroatoms. The van der Waals surface area contributed by atoms with Gasteiger partial charge in [-0.05, 0) is 45.2 Å². The molecular weight excluding hydrogens is 476 g/mol. The number of halogens is 2. The monoisotopic (exact) mass is 505 g/mol. The summed E-state index contributed by atoms with van der Waals surface area (Å²) in [6.07, 6.45) is 7.83. The van der Waals surface area contributed by atoms with E-state index in [2.05, 4.69) is 23.1 Å². The number of aromatic nitrogens is 6. The zero-order valence-corrected chi connectivity index (χ0v) is 21.2. The van der Waals surface area contributed by atoms with Crippen molar-refractivity contribution in [3.05, 3.63) is 59.2 Å². The van der Waals surface area contributed by atoms with E-state index in [-0.39, 0.29) is 17.7 Å². The highest BCUT2D eigenvalue weighted by Crippen LogP contribution is 2.37. The SMILES string of the molecule is CCCc1nc2nc(N3CC(C)OCC3c3cnn(C4CC4)c3)nc(-c3ccc(F)cc3F)c2nc1C. The Morgan fingerprint density at radius 1 is 1.11 bits per heavy atom. The molecule has 0 bridgehead atoms. The lowest BCUT2D eigenvalue weighted by Gasteiger charge is -2.38. The summed E-state index contributed by atoms with van der Waals surface area (Å²) in [6.45, 7) is 6.95. The number of aryl methyl sites for hydroxylation is 2. The van der Waals surface area contributed by atoms with Crippen LogP contribution in [0.1, 0.15) is 62.1 Å². The third-order valence-corrected chi connectivity index (χ3v) is 7.02. The number of hydrogen-bond acceptors (Lipinski definition) is 7. The lowest BCUT2D eigenvalue weighted by atomic mass is 10.1. The van der Waals surface area contributed by atoms with E-state index in [1.807, 2.05) is 24.7 Å². The molecule has 0 spiro atoms. The quantitative estimate of drug-likeness (QED) is 0.360. The molecular formula is C27H29F2N7O. The van der Waals surface area contributed by atoms with Gasteiger partial charge in [0, 0.05) is 29.9 Å². The Bertz CT molecular complexity index is 1470. The number of morpholine rings is 1. The standard InChI is InChI=1S/C27H29F2N7O/c1-4-5-22-16(3)31-25-24(20-9-6-18(28)10-21(20)29)33-27(34-26(25)32-22)35-12-15(2)37-14-23(35)17-11-30-36(13-17)19-7-8-19/h6,9-11,13,15,19,23H,4-5,7-8,12,14H2,1-3H3. The van der Waals surface area contributed by atoms with E-state index in [1.54, 1.807) is 0 Å². The van der Waals surface area contributed by atoms with E-state index in [0.29, 0.717) is 42.0 Å². The van der Waals surface area contributed by atoms with Crippen LogP contribution in [0.3, 0.4) is 0 Å². The summed E-state index contributed by atoms with van der Waals surface area (Å²) in [7, 11) is 0. The third kappa shape index (κ3) is 4.54. The van der Waals surface area contributed by atoms with Crippen LogP contribution in [0.5, 0.6) is 0 Å². The molecule has 3 aromatic heterocycles. The molecule has 1 saturated heterocycles. The Hall–Kier alpha value is -3.53. The van der Waals surface area contributed by atoms with Gasteiger partial charge in [-0.3, -0.25) is 4.68 Å². The van der Waals surface area contributed by atoms with E-state index >= 15 is 4.39 Å². The first kappa shape index (κ1) is 23.8. The molecule has 2 atom stereocenters. The molecule has 1 aliphatic heterocycles. The lowest BCUT2D eigenvalue weighted by molar-refractivity contribution is 0.0296.